The predicted molar refractivity (Wildman–Crippen MR) is 88.4 cm³/mol. The van der Waals surface area contributed by atoms with E-state index in [9.17, 15) is 0 Å². The first-order valence-electron chi connectivity index (χ1n) is 8.63. The van der Waals surface area contributed by atoms with Gasteiger partial charge in [-0.05, 0) is 32.0 Å². The Bertz CT molecular complexity index is 578. The summed E-state index contributed by atoms with van der Waals surface area (Å²) < 4.78 is 17.2. The molecule has 4 rings (SSSR count). The third-order valence-electron chi connectivity index (χ3n) is 5.45. The summed E-state index contributed by atoms with van der Waals surface area (Å²) in [6, 6.07) is 4.82. The van der Waals surface area contributed by atoms with Crippen LogP contribution in [-0.4, -0.2) is 62.8 Å². The summed E-state index contributed by atoms with van der Waals surface area (Å²) in [7, 11) is 3.98. The zero-order valence-corrected chi connectivity index (χ0v) is 14.1. The number of ether oxygens (including phenoxy) is 3. The molecule has 3 aliphatic rings. The van der Waals surface area contributed by atoms with E-state index in [0.29, 0.717) is 6.61 Å². The van der Waals surface area contributed by atoms with Gasteiger partial charge in [-0.3, -0.25) is 4.90 Å². The van der Waals surface area contributed by atoms with E-state index in [1.807, 2.05) is 6.07 Å². The molecule has 0 bridgehead atoms. The van der Waals surface area contributed by atoms with Crippen LogP contribution in [-0.2, 0) is 6.54 Å². The van der Waals surface area contributed by atoms with Crippen molar-refractivity contribution in [1.82, 2.24) is 9.80 Å². The molecule has 5 nitrogen and oxygen atoms in total. The Labute approximate surface area is 138 Å². The molecule has 0 radical (unpaired) electrons. The smallest absolute Gasteiger partial charge is 0.164 e. The van der Waals surface area contributed by atoms with Crippen molar-refractivity contribution < 1.29 is 14.2 Å². The summed E-state index contributed by atoms with van der Waals surface area (Å²) in [6.45, 7) is 5.93. The van der Waals surface area contributed by atoms with E-state index in [1.165, 1.54) is 25.1 Å². The second kappa shape index (κ2) is 6.21. The Morgan fingerprint density at radius 2 is 1.96 bits per heavy atom. The molecule has 1 aromatic rings. The van der Waals surface area contributed by atoms with E-state index >= 15 is 0 Å². The molecule has 3 aliphatic heterocycles. The first-order valence-corrected chi connectivity index (χ1v) is 8.63. The Balaban J connectivity index is 1.53. The fourth-order valence-corrected chi connectivity index (χ4v) is 4.18. The Hall–Kier alpha value is -1.46. The molecule has 0 aliphatic carbocycles. The summed E-state index contributed by atoms with van der Waals surface area (Å²) in [4.78, 5) is 5.06. The summed E-state index contributed by atoms with van der Waals surface area (Å²) in [5.74, 6) is 3.39. The van der Waals surface area contributed by atoms with E-state index in [0.717, 1.165) is 55.3 Å². The third-order valence-corrected chi connectivity index (χ3v) is 5.45. The normalized spacial score (nSPS) is 27.7. The first-order chi connectivity index (χ1) is 11.2. The maximum atomic E-state index is 5.84. The SMILES string of the molecule is COc1cc2c(cc1CN1C[C@H]3CCN(C)[C@H]3C1)OCCCO2. The lowest BCUT2D eigenvalue weighted by Gasteiger charge is -2.22. The number of fused-ring (bicyclic) bond motifs is 2. The highest BCUT2D eigenvalue weighted by molar-refractivity contribution is 5.51. The van der Waals surface area contributed by atoms with Crippen LogP contribution in [0.5, 0.6) is 17.2 Å². The summed E-state index contributed by atoms with van der Waals surface area (Å²) in [5, 5.41) is 0. The van der Waals surface area contributed by atoms with Gasteiger partial charge < -0.3 is 19.1 Å². The van der Waals surface area contributed by atoms with Crippen molar-refractivity contribution in [1.29, 1.82) is 0 Å². The number of likely N-dealkylation sites (N-methyl/N-ethyl adjacent to an activating group) is 1. The number of likely N-dealkylation sites (tertiary alicyclic amines) is 2. The van der Waals surface area contributed by atoms with Crippen molar-refractivity contribution in [3.05, 3.63) is 17.7 Å². The van der Waals surface area contributed by atoms with E-state index in [1.54, 1.807) is 7.11 Å². The van der Waals surface area contributed by atoms with Crippen molar-refractivity contribution in [2.45, 2.75) is 25.4 Å². The van der Waals surface area contributed by atoms with Gasteiger partial charge in [-0.1, -0.05) is 0 Å². The highest BCUT2D eigenvalue weighted by Crippen LogP contribution is 2.38. The Morgan fingerprint density at radius 3 is 2.70 bits per heavy atom. The minimum Gasteiger partial charge on any atom is -0.496 e. The Kier molecular flexibility index (Phi) is 4.07. The quantitative estimate of drug-likeness (QED) is 0.851. The van der Waals surface area contributed by atoms with Crippen LogP contribution >= 0.6 is 0 Å². The molecule has 23 heavy (non-hydrogen) atoms. The number of nitrogens with zero attached hydrogens (tertiary/aromatic N) is 2. The monoisotopic (exact) mass is 318 g/mol. The summed E-state index contributed by atoms with van der Waals surface area (Å²) in [5.41, 5.74) is 1.19. The van der Waals surface area contributed by atoms with Crippen molar-refractivity contribution in [2.75, 3.05) is 47.0 Å². The molecule has 2 atom stereocenters. The predicted octanol–water partition coefficient (Wildman–Crippen LogP) is 1.99. The maximum Gasteiger partial charge on any atom is 0.164 e. The molecule has 0 aromatic heterocycles. The van der Waals surface area contributed by atoms with Crippen molar-refractivity contribution in [3.63, 3.8) is 0 Å². The van der Waals surface area contributed by atoms with Gasteiger partial charge in [0.05, 0.1) is 20.3 Å². The number of hydrogen-bond donors (Lipinski definition) is 0. The molecule has 0 amide bonds. The summed E-state index contributed by atoms with van der Waals surface area (Å²) in [6.07, 6.45) is 2.25. The Morgan fingerprint density at radius 1 is 1.17 bits per heavy atom. The molecule has 126 valence electrons. The molecule has 0 saturated carbocycles. The average Bonchev–Trinajstić information content (AvgIpc) is 3.01. The van der Waals surface area contributed by atoms with Crippen LogP contribution in [0.15, 0.2) is 12.1 Å². The van der Waals surface area contributed by atoms with E-state index < -0.39 is 0 Å². The van der Waals surface area contributed by atoms with Gasteiger partial charge in [0.15, 0.2) is 11.5 Å². The minimum atomic E-state index is 0.706. The van der Waals surface area contributed by atoms with Gasteiger partial charge >= 0.3 is 0 Å². The van der Waals surface area contributed by atoms with Crippen LogP contribution in [0.25, 0.3) is 0 Å². The lowest BCUT2D eigenvalue weighted by Crippen LogP contribution is -2.32. The second-order valence-corrected chi connectivity index (χ2v) is 6.95. The fraction of sp³-hybridized carbons (Fsp3) is 0.667. The van der Waals surface area contributed by atoms with Crippen LogP contribution in [0, 0.1) is 5.92 Å². The minimum absolute atomic E-state index is 0.706. The highest BCUT2D eigenvalue weighted by Gasteiger charge is 2.39. The van der Waals surface area contributed by atoms with Crippen LogP contribution in [0.2, 0.25) is 0 Å². The van der Waals surface area contributed by atoms with Gasteiger partial charge in [0, 0.05) is 43.7 Å². The van der Waals surface area contributed by atoms with Gasteiger partial charge in [-0.2, -0.15) is 0 Å². The molecule has 2 saturated heterocycles. The van der Waals surface area contributed by atoms with Gasteiger partial charge in [0.1, 0.15) is 5.75 Å². The van der Waals surface area contributed by atoms with Gasteiger partial charge in [-0.25, -0.2) is 0 Å². The zero-order chi connectivity index (χ0) is 15.8. The largest absolute Gasteiger partial charge is 0.496 e. The second-order valence-electron chi connectivity index (χ2n) is 6.95. The van der Waals surface area contributed by atoms with Gasteiger partial charge in [0.25, 0.3) is 0 Å². The molecular weight excluding hydrogens is 292 g/mol. The maximum absolute atomic E-state index is 5.84. The van der Waals surface area contributed by atoms with Crippen LogP contribution < -0.4 is 14.2 Å². The molecule has 3 heterocycles. The average molecular weight is 318 g/mol. The molecule has 2 fully saturated rings. The number of hydrogen-bond acceptors (Lipinski definition) is 5. The fourth-order valence-electron chi connectivity index (χ4n) is 4.18. The van der Waals surface area contributed by atoms with Gasteiger partial charge in [0.2, 0.25) is 0 Å². The standard InChI is InChI=1S/C18H26N2O3/c1-19-5-4-13-10-20(12-15(13)19)11-14-8-17-18(9-16(14)21-2)23-7-3-6-22-17/h8-9,13,15H,3-7,10-12H2,1-2H3/t13-,15+/m1/s1. The van der Waals surface area contributed by atoms with Gasteiger partial charge in [-0.15, -0.1) is 0 Å². The van der Waals surface area contributed by atoms with Crippen molar-refractivity contribution >= 4 is 0 Å². The van der Waals surface area contributed by atoms with Crippen molar-refractivity contribution in [3.8, 4) is 17.2 Å². The highest BCUT2D eigenvalue weighted by atomic mass is 16.5. The molecule has 1 aromatic carbocycles. The first kappa shape index (κ1) is 15.1. The molecule has 5 heteroatoms. The number of methoxy groups -OCH3 is 1. The van der Waals surface area contributed by atoms with Crippen LogP contribution in [0.4, 0.5) is 0 Å². The van der Waals surface area contributed by atoms with Crippen LogP contribution in [0.3, 0.4) is 0 Å². The van der Waals surface area contributed by atoms with Crippen molar-refractivity contribution in [2.24, 2.45) is 5.92 Å². The third kappa shape index (κ3) is 2.88. The number of rotatable bonds is 3. The van der Waals surface area contributed by atoms with Crippen LogP contribution in [0.1, 0.15) is 18.4 Å². The molecule has 0 spiro atoms. The van der Waals surface area contributed by atoms with E-state index in [4.69, 9.17) is 14.2 Å². The molecular formula is C18H26N2O3. The summed E-state index contributed by atoms with van der Waals surface area (Å²) >= 11 is 0. The molecule has 0 unspecified atom stereocenters. The lowest BCUT2D eigenvalue weighted by atomic mass is 10.1. The number of benzene rings is 1. The van der Waals surface area contributed by atoms with E-state index in [-0.39, 0.29) is 0 Å². The van der Waals surface area contributed by atoms with E-state index in [2.05, 4.69) is 22.9 Å². The topological polar surface area (TPSA) is 34.2 Å². The molecule has 0 N–H and O–H groups in total. The lowest BCUT2D eigenvalue weighted by molar-refractivity contribution is 0.252. The zero-order valence-electron chi connectivity index (χ0n) is 14.1.